The van der Waals surface area contributed by atoms with E-state index in [2.05, 4.69) is 16.2 Å². The molecule has 1 amide bonds. The highest BCUT2D eigenvalue weighted by Crippen LogP contribution is 2.19. The molecule has 10 heteroatoms. The van der Waals surface area contributed by atoms with Crippen molar-refractivity contribution in [3.05, 3.63) is 0 Å². The molecule has 1 heterocycles. The molecule has 0 spiro atoms. The van der Waals surface area contributed by atoms with Gasteiger partial charge in [-0.15, -0.1) is 0 Å². The Bertz CT molecular complexity index is 499. The van der Waals surface area contributed by atoms with Gasteiger partial charge in [0, 0.05) is 19.6 Å². The number of piperidine rings is 1. The van der Waals surface area contributed by atoms with E-state index in [-0.39, 0.29) is 24.1 Å². The molecule has 0 bridgehead atoms. The number of sulfonamides is 1. The fraction of sp³-hybridized carbons (Fsp3) is 0.846. The number of rotatable bonds is 7. The third kappa shape index (κ3) is 7.23. The maximum Gasteiger partial charge on any atom is 0.242 e. The normalized spacial score (nSPS) is 19.1. The van der Waals surface area contributed by atoms with Crippen molar-refractivity contribution in [2.45, 2.75) is 26.2 Å². The Morgan fingerprint density at radius 3 is 2.78 bits per heavy atom. The highest BCUT2D eigenvalue weighted by Gasteiger charge is 2.31. The van der Waals surface area contributed by atoms with Crippen LogP contribution in [0.2, 0.25) is 0 Å². The fourth-order valence-corrected chi connectivity index (χ4v) is 4.04. The minimum absolute atomic E-state index is 0.0592. The SMILES string of the molecule is CCS(=O)(=O)N1CCC[C@H](C(=O)NNC(=S)NCCCSC)C1. The first kappa shape index (κ1) is 20.5. The van der Waals surface area contributed by atoms with Crippen LogP contribution in [-0.2, 0) is 14.8 Å². The topological polar surface area (TPSA) is 90.5 Å². The van der Waals surface area contributed by atoms with Crippen molar-refractivity contribution in [2.75, 3.05) is 37.4 Å². The number of amides is 1. The number of nitrogens with zero attached hydrogens (tertiary/aromatic N) is 1. The highest BCUT2D eigenvalue weighted by atomic mass is 32.2. The van der Waals surface area contributed by atoms with E-state index in [1.807, 2.05) is 6.26 Å². The molecule has 0 aromatic carbocycles. The second kappa shape index (κ2) is 10.3. The Kier molecular flexibility index (Phi) is 9.18. The van der Waals surface area contributed by atoms with E-state index in [9.17, 15) is 13.2 Å². The highest BCUT2D eigenvalue weighted by molar-refractivity contribution is 7.98. The minimum atomic E-state index is -3.24. The van der Waals surface area contributed by atoms with Crippen LogP contribution in [0.15, 0.2) is 0 Å². The van der Waals surface area contributed by atoms with E-state index in [0.29, 0.717) is 24.5 Å². The molecule has 23 heavy (non-hydrogen) atoms. The molecule has 1 rings (SSSR count). The van der Waals surface area contributed by atoms with Gasteiger partial charge in [-0.2, -0.15) is 11.8 Å². The molecule has 0 radical (unpaired) electrons. The van der Waals surface area contributed by atoms with Crippen molar-refractivity contribution in [3.8, 4) is 0 Å². The lowest BCUT2D eigenvalue weighted by Crippen LogP contribution is -2.52. The van der Waals surface area contributed by atoms with Gasteiger partial charge in [0.1, 0.15) is 0 Å². The maximum atomic E-state index is 12.2. The summed E-state index contributed by atoms with van der Waals surface area (Å²) in [4.78, 5) is 12.2. The molecule has 3 N–H and O–H groups in total. The van der Waals surface area contributed by atoms with Crippen LogP contribution in [-0.4, -0.2) is 61.1 Å². The molecule has 134 valence electrons. The Morgan fingerprint density at radius 2 is 2.13 bits per heavy atom. The predicted octanol–water partition coefficient (Wildman–Crippen LogP) is 0.297. The van der Waals surface area contributed by atoms with Gasteiger partial charge < -0.3 is 5.32 Å². The summed E-state index contributed by atoms with van der Waals surface area (Å²) >= 11 is 6.84. The molecular formula is C13H26N4O3S3. The van der Waals surface area contributed by atoms with Gasteiger partial charge in [-0.1, -0.05) is 0 Å². The molecule has 1 fully saturated rings. The van der Waals surface area contributed by atoms with E-state index in [1.54, 1.807) is 18.7 Å². The van der Waals surface area contributed by atoms with Crippen LogP contribution >= 0.6 is 24.0 Å². The van der Waals surface area contributed by atoms with Crippen molar-refractivity contribution >= 4 is 45.0 Å². The zero-order valence-corrected chi connectivity index (χ0v) is 16.1. The second-order valence-corrected chi connectivity index (χ2v) is 8.97. The van der Waals surface area contributed by atoms with Gasteiger partial charge in [0.2, 0.25) is 15.9 Å². The Balaban J connectivity index is 2.35. The third-order valence-corrected chi connectivity index (χ3v) is 6.41. The van der Waals surface area contributed by atoms with Crippen molar-refractivity contribution in [2.24, 2.45) is 5.92 Å². The van der Waals surface area contributed by atoms with Gasteiger partial charge in [0.05, 0.1) is 11.7 Å². The van der Waals surface area contributed by atoms with Crippen molar-refractivity contribution in [3.63, 3.8) is 0 Å². The number of nitrogens with one attached hydrogen (secondary N) is 3. The molecular weight excluding hydrogens is 356 g/mol. The van der Waals surface area contributed by atoms with Crippen LogP contribution in [0.3, 0.4) is 0 Å². The van der Waals surface area contributed by atoms with Gasteiger partial charge in [0.25, 0.3) is 0 Å². The third-order valence-electron chi connectivity index (χ3n) is 3.62. The van der Waals surface area contributed by atoms with Gasteiger partial charge >= 0.3 is 0 Å². The first-order valence-corrected chi connectivity index (χ1v) is 11.1. The van der Waals surface area contributed by atoms with E-state index < -0.39 is 10.0 Å². The molecule has 0 aliphatic carbocycles. The van der Waals surface area contributed by atoms with Crippen LogP contribution in [0.1, 0.15) is 26.2 Å². The molecule has 0 unspecified atom stereocenters. The minimum Gasteiger partial charge on any atom is -0.361 e. The largest absolute Gasteiger partial charge is 0.361 e. The smallest absolute Gasteiger partial charge is 0.242 e. The summed E-state index contributed by atoms with van der Waals surface area (Å²) in [5.74, 6) is 0.529. The van der Waals surface area contributed by atoms with Crippen molar-refractivity contribution in [1.29, 1.82) is 0 Å². The number of thiocarbonyl (C=S) groups is 1. The predicted molar refractivity (Wildman–Crippen MR) is 98.6 cm³/mol. The molecule has 1 aliphatic rings. The van der Waals surface area contributed by atoms with E-state index >= 15 is 0 Å². The first-order chi connectivity index (χ1) is 10.9. The van der Waals surface area contributed by atoms with Gasteiger partial charge in [0.15, 0.2) is 5.11 Å². The summed E-state index contributed by atoms with van der Waals surface area (Å²) < 4.78 is 25.2. The number of thioether (sulfide) groups is 1. The molecule has 0 aromatic rings. The average Bonchev–Trinajstić information content (AvgIpc) is 2.56. The summed E-state index contributed by atoms with van der Waals surface area (Å²) in [7, 11) is -3.24. The molecule has 1 saturated heterocycles. The van der Waals surface area contributed by atoms with Crippen LogP contribution in [0, 0.1) is 5.92 Å². The summed E-state index contributed by atoms with van der Waals surface area (Å²) in [6, 6.07) is 0. The van der Waals surface area contributed by atoms with Crippen molar-refractivity contribution < 1.29 is 13.2 Å². The zero-order valence-electron chi connectivity index (χ0n) is 13.6. The summed E-state index contributed by atoms with van der Waals surface area (Å²) in [5, 5.41) is 3.37. The standard InChI is InChI=1S/C13H26N4O3S3/c1-3-23(19,20)17-8-4-6-11(10-17)12(18)15-16-13(21)14-7-5-9-22-2/h11H,3-10H2,1-2H3,(H,15,18)(H2,14,16,21)/t11-/m0/s1. The molecule has 1 aliphatic heterocycles. The number of carbonyl (C=O) groups excluding carboxylic acids is 1. The van der Waals surface area contributed by atoms with Crippen LogP contribution in [0.25, 0.3) is 0 Å². The molecule has 0 aromatic heterocycles. The average molecular weight is 383 g/mol. The van der Waals surface area contributed by atoms with Crippen LogP contribution in [0.4, 0.5) is 0 Å². The summed E-state index contributed by atoms with van der Waals surface area (Å²) in [5.41, 5.74) is 5.23. The summed E-state index contributed by atoms with van der Waals surface area (Å²) in [6.45, 7) is 3.08. The maximum absolute atomic E-state index is 12.2. The van der Waals surface area contributed by atoms with Gasteiger partial charge in [-0.05, 0) is 50.4 Å². The lowest BCUT2D eigenvalue weighted by molar-refractivity contribution is -0.126. The van der Waals surface area contributed by atoms with Gasteiger partial charge in [-0.25, -0.2) is 12.7 Å². The summed E-state index contributed by atoms with van der Waals surface area (Å²) in [6.07, 6.45) is 4.40. The zero-order chi connectivity index (χ0) is 17.3. The first-order valence-electron chi connectivity index (χ1n) is 7.71. The quantitative estimate of drug-likeness (QED) is 0.331. The number of carbonyl (C=O) groups is 1. The lowest BCUT2D eigenvalue weighted by Gasteiger charge is -2.30. The van der Waals surface area contributed by atoms with Gasteiger partial charge in [-0.3, -0.25) is 15.6 Å². The number of hydrogen-bond donors (Lipinski definition) is 3. The second-order valence-electron chi connectivity index (χ2n) is 5.31. The van der Waals surface area contributed by atoms with Crippen LogP contribution < -0.4 is 16.2 Å². The molecule has 7 nitrogen and oxygen atoms in total. The fourth-order valence-electron chi connectivity index (χ4n) is 2.27. The molecule has 0 saturated carbocycles. The Hall–Kier alpha value is -0.580. The number of hydrazine groups is 1. The Labute approximate surface area is 148 Å². The monoisotopic (exact) mass is 382 g/mol. The van der Waals surface area contributed by atoms with Crippen molar-refractivity contribution in [1.82, 2.24) is 20.5 Å². The lowest BCUT2D eigenvalue weighted by atomic mass is 9.99. The van der Waals surface area contributed by atoms with E-state index in [0.717, 1.165) is 18.7 Å². The van der Waals surface area contributed by atoms with E-state index in [4.69, 9.17) is 12.2 Å². The van der Waals surface area contributed by atoms with Crippen LogP contribution in [0.5, 0.6) is 0 Å². The number of hydrogen-bond acceptors (Lipinski definition) is 5. The van der Waals surface area contributed by atoms with E-state index in [1.165, 1.54) is 4.31 Å². The molecule has 1 atom stereocenters. The Morgan fingerprint density at radius 1 is 1.39 bits per heavy atom.